The number of fused-ring (bicyclic) bond motifs is 1. The first-order valence-corrected chi connectivity index (χ1v) is 10.3. The topological polar surface area (TPSA) is 121 Å². The second-order valence-corrected chi connectivity index (χ2v) is 7.53. The third kappa shape index (κ3) is 5.27. The Balaban J connectivity index is 1.48. The average Bonchev–Trinajstić information content (AvgIpc) is 3.13. The first-order valence-electron chi connectivity index (χ1n) is 10.3. The van der Waals surface area contributed by atoms with Crippen LogP contribution in [0.2, 0.25) is 0 Å². The number of rotatable bonds is 8. The minimum Gasteiger partial charge on any atom is -0.508 e. The van der Waals surface area contributed by atoms with Crippen LogP contribution in [-0.4, -0.2) is 39.9 Å². The highest BCUT2D eigenvalue weighted by atomic mass is 16.5. The predicted octanol–water partition coefficient (Wildman–Crippen LogP) is 2.52. The fourth-order valence-electron chi connectivity index (χ4n) is 3.65. The number of carbonyl (C=O) groups excluding carboxylic acids is 3. The second kappa shape index (κ2) is 9.82. The molecular formula is C24H22N4O5. The highest BCUT2D eigenvalue weighted by Gasteiger charge is 2.30. The van der Waals surface area contributed by atoms with Crippen molar-refractivity contribution in [3.63, 3.8) is 0 Å². The first-order chi connectivity index (χ1) is 16.0. The molecule has 0 saturated heterocycles. The number of aromatic hydroxyl groups is 1. The monoisotopic (exact) mass is 446 g/mol. The van der Waals surface area contributed by atoms with Gasteiger partial charge >= 0.3 is 6.03 Å². The van der Waals surface area contributed by atoms with Crippen LogP contribution in [0.15, 0.2) is 67.0 Å². The number of nitrogens with zero attached hydrogens (tertiary/aromatic N) is 2. The normalized spacial score (nSPS) is 13.2. The maximum atomic E-state index is 12.8. The number of phenols is 1. The van der Waals surface area contributed by atoms with Gasteiger partial charge in [0, 0.05) is 36.6 Å². The van der Waals surface area contributed by atoms with Crippen LogP contribution in [-0.2, 0) is 17.9 Å². The number of imide groups is 1. The van der Waals surface area contributed by atoms with E-state index in [1.54, 1.807) is 47.6 Å². The van der Waals surface area contributed by atoms with Crippen molar-refractivity contribution in [3.8, 4) is 11.5 Å². The van der Waals surface area contributed by atoms with E-state index in [4.69, 9.17) is 4.74 Å². The van der Waals surface area contributed by atoms with Crippen LogP contribution in [0.4, 0.5) is 4.79 Å². The van der Waals surface area contributed by atoms with E-state index in [2.05, 4.69) is 15.6 Å². The molecule has 0 radical (unpaired) electrons. The number of aromatic nitrogens is 1. The van der Waals surface area contributed by atoms with Crippen LogP contribution in [0.5, 0.6) is 11.5 Å². The molecule has 2 heterocycles. The van der Waals surface area contributed by atoms with Gasteiger partial charge in [-0.25, -0.2) is 4.79 Å². The molecule has 1 atom stereocenters. The lowest BCUT2D eigenvalue weighted by Crippen LogP contribution is -2.42. The molecule has 0 unspecified atom stereocenters. The quantitative estimate of drug-likeness (QED) is 0.457. The van der Waals surface area contributed by atoms with Crippen molar-refractivity contribution in [2.75, 3.05) is 6.54 Å². The molecule has 0 bridgehead atoms. The number of ether oxygens (including phenoxy) is 1. The summed E-state index contributed by atoms with van der Waals surface area (Å²) < 4.78 is 5.78. The standard InChI is InChI=1S/C24H22N4O5/c29-15-26-24(32)27-22(13-28-12-18-3-6-19(30)10-21(18)23(28)31)17-4-7-20(8-5-17)33-14-16-2-1-9-25-11-16/h1-11,15,22,30H,12-14H2,(H2,26,27,29,32)/t22-/m0/s1. The molecule has 0 aliphatic carbocycles. The highest BCUT2D eigenvalue weighted by Crippen LogP contribution is 2.28. The van der Waals surface area contributed by atoms with Crippen LogP contribution in [0, 0.1) is 0 Å². The van der Waals surface area contributed by atoms with E-state index in [0.717, 1.165) is 16.7 Å². The van der Waals surface area contributed by atoms with Crippen LogP contribution in [0.3, 0.4) is 0 Å². The van der Waals surface area contributed by atoms with Crippen LogP contribution in [0.25, 0.3) is 0 Å². The summed E-state index contributed by atoms with van der Waals surface area (Å²) in [5.74, 6) is 0.421. The fourth-order valence-corrected chi connectivity index (χ4v) is 3.65. The summed E-state index contributed by atoms with van der Waals surface area (Å²) in [7, 11) is 0. The smallest absolute Gasteiger partial charge is 0.321 e. The van der Waals surface area contributed by atoms with E-state index in [9.17, 15) is 19.5 Å². The van der Waals surface area contributed by atoms with E-state index in [-0.39, 0.29) is 18.2 Å². The van der Waals surface area contributed by atoms with E-state index in [1.807, 2.05) is 12.1 Å². The zero-order chi connectivity index (χ0) is 23.2. The van der Waals surface area contributed by atoms with Gasteiger partial charge in [-0.1, -0.05) is 24.3 Å². The van der Waals surface area contributed by atoms with Crippen molar-refractivity contribution in [2.45, 2.75) is 19.2 Å². The van der Waals surface area contributed by atoms with Crippen molar-refractivity contribution >= 4 is 18.3 Å². The summed E-state index contributed by atoms with van der Waals surface area (Å²) in [6.45, 7) is 0.897. The summed E-state index contributed by atoms with van der Waals surface area (Å²) >= 11 is 0. The summed E-state index contributed by atoms with van der Waals surface area (Å²) in [6, 6.07) is 14.3. The zero-order valence-corrected chi connectivity index (χ0v) is 17.6. The Morgan fingerprint density at radius 1 is 1.21 bits per heavy atom. The molecule has 1 aromatic heterocycles. The van der Waals surface area contributed by atoms with Gasteiger partial charge in [-0.15, -0.1) is 0 Å². The average molecular weight is 446 g/mol. The molecule has 3 N–H and O–H groups in total. The molecule has 4 rings (SSSR count). The lowest BCUT2D eigenvalue weighted by molar-refractivity contribution is -0.108. The van der Waals surface area contributed by atoms with Gasteiger partial charge in [0.25, 0.3) is 5.91 Å². The van der Waals surface area contributed by atoms with E-state index in [0.29, 0.717) is 30.9 Å². The van der Waals surface area contributed by atoms with Crippen LogP contribution in [0.1, 0.15) is 33.1 Å². The van der Waals surface area contributed by atoms with Crippen molar-refractivity contribution < 1.29 is 24.2 Å². The highest BCUT2D eigenvalue weighted by molar-refractivity contribution is 5.98. The molecule has 2 aromatic carbocycles. The number of hydrogen-bond donors (Lipinski definition) is 3. The van der Waals surface area contributed by atoms with Gasteiger partial charge in [-0.3, -0.25) is 19.9 Å². The van der Waals surface area contributed by atoms with Crippen LogP contribution < -0.4 is 15.4 Å². The zero-order valence-electron chi connectivity index (χ0n) is 17.6. The van der Waals surface area contributed by atoms with Gasteiger partial charge in [-0.05, 0) is 41.5 Å². The third-order valence-corrected chi connectivity index (χ3v) is 5.28. The second-order valence-electron chi connectivity index (χ2n) is 7.53. The Labute approximate surface area is 190 Å². The van der Waals surface area contributed by atoms with E-state index in [1.165, 1.54) is 12.1 Å². The number of hydrogen-bond acceptors (Lipinski definition) is 6. The van der Waals surface area contributed by atoms with Gasteiger partial charge in [0.15, 0.2) is 0 Å². The molecule has 0 spiro atoms. The Hall–Kier alpha value is -4.40. The fraction of sp³-hybridized carbons (Fsp3) is 0.167. The largest absolute Gasteiger partial charge is 0.508 e. The van der Waals surface area contributed by atoms with E-state index < -0.39 is 12.1 Å². The van der Waals surface area contributed by atoms with Crippen molar-refractivity contribution in [1.82, 2.24) is 20.5 Å². The molecule has 0 fully saturated rings. The van der Waals surface area contributed by atoms with Gasteiger partial charge in [0.1, 0.15) is 18.1 Å². The van der Waals surface area contributed by atoms with E-state index >= 15 is 0 Å². The molecule has 3 aromatic rings. The number of benzene rings is 2. The molecule has 168 valence electrons. The molecule has 4 amide bonds. The minimum atomic E-state index is -0.672. The van der Waals surface area contributed by atoms with Crippen molar-refractivity contribution in [3.05, 3.63) is 89.2 Å². The molecule has 0 saturated carbocycles. The number of amides is 4. The Kier molecular flexibility index (Phi) is 6.49. The van der Waals surface area contributed by atoms with Gasteiger partial charge in [0.2, 0.25) is 6.41 Å². The molecule has 9 nitrogen and oxygen atoms in total. The number of carbonyl (C=O) groups is 3. The summed E-state index contributed by atoms with van der Waals surface area (Å²) in [5.41, 5.74) is 2.90. The lowest BCUT2D eigenvalue weighted by Gasteiger charge is -2.25. The summed E-state index contributed by atoms with van der Waals surface area (Å²) in [5, 5.41) is 14.5. The van der Waals surface area contributed by atoms with Gasteiger partial charge in [0.05, 0.1) is 6.04 Å². The maximum absolute atomic E-state index is 12.8. The number of urea groups is 1. The predicted molar refractivity (Wildman–Crippen MR) is 118 cm³/mol. The number of pyridine rings is 1. The van der Waals surface area contributed by atoms with Crippen molar-refractivity contribution in [1.29, 1.82) is 0 Å². The summed E-state index contributed by atoms with van der Waals surface area (Å²) in [6.07, 6.45) is 3.71. The van der Waals surface area contributed by atoms with Gasteiger partial charge < -0.3 is 20.1 Å². The summed E-state index contributed by atoms with van der Waals surface area (Å²) in [4.78, 5) is 41.2. The Morgan fingerprint density at radius 3 is 2.76 bits per heavy atom. The first kappa shape index (κ1) is 21.8. The third-order valence-electron chi connectivity index (χ3n) is 5.28. The molecule has 1 aliphatic rings. The molecule has 1 aliphatic heterocycles. The Bertz CT molecular complexity index is 1150. The van der Waals surface area contributed by atoms with Gasteiger partial charge in [-0.2, -0.15) is 0 Å². The molecule has 33 heavy (non-hydrogen) atoms. The Morgan fingerprint density at radius 2 is 2.03 bits per heavy atom. The SMILES string of the molecule is O=CNC(=O)N[C@@H](CN1Cc2ccc(O)cc2C1=O)c1ccc(OCc2cccnc2)cc1. The number of nitrogens with one attached hydrogen (secondary N) is 2. The van der Waals surface area contributed by atoms with Crippen LogP contribution >= 0.6 is 0 Å². The molecule has 9 heteroatoms. The molecular weight excluding hydrogens is 424 g/mol. The minimum absolute atomic E-state index is 0.0193. The number of phenolic OH excluding ortho intramolecular Hbond substituents is 1. The lowest BCUT2D eigenvalue weighted by atomic mass is 10.1. The maximum Gasteiger partial charge on any atom is 0.321 e. The van der Waals surface area contributed by atoms with Crippen molar-refractivity contribution in [2.24, 2.45) is 0 Å².